The average molecular weight is 672 g/mol. The van der Waals surface area contributed by atoms with Gasteiger partial charge >= 0.3 is 0 Å². The topological polar surface area (TPSA) is 3.24 Å². The lowest BCUT2D eigenvalue weighted by molar-refractivity contribution is -0.0441. The molecule has 2 heteroatoms. The first-order chi connectivity index (χ1) is 24.2. The zero-order valence-electron chi connectivity index (χ0n) is 30.1. The van der Waals surface area contributed by atoms with Crippen molar-refractivity contribution < 1.29 is 0 Å². The predicted molar refractivity (Wildman–Crippen MR) is 210 cm³/mol. The molecule has 5 aliphatic carbocycles. The van der Waals surface area contributed by atoms with E-state index in [1.54, 1.807) is 11.1 Å². The third-order valence-corrected chi connectivity index (χ3v) is 15.0. The minimum Gasteiger partial charge on any atom is -0.310 e. The molecule has 252 valence electrons. The molecule has 0 saturated heterocycles. The van der Waals surface area contributed by atoms with Crippen LogP contribution in [0, 0.1) is 23.7 Å². The summed E-state index contributed by atoms with van der Waals surface area (Å²) in [5, 5.41) is 0. The molecule has 50 heavy (non-hydrogen) atoms. The van der Waals surface area contributed by atoms with E-state index in [1.165, 1.54) is 94.1 Å². The maximum atomic E-state index is 2.58. The zero-order valence-corrected chi connectivity index (χ0v) is 30.9. The van der Waals surface area contributed by atoms with Gasteiger partial charge in [0.25, 0.3) is 0 Å². The van der Waals surface area contributed by atoms with E-state index in [2.05, 4.69) is 148 Å². The third-order valence-electron chi connectivity index (χ3n) is 13.9. The summed E-state index contributed by atoms with van der Waals surface area (Å²) in [6, 6.07) is 44.6. The van der Waals surface area contributed by atoms with Gasteiger partial charge in [-0.3, -0.25) is 0 Å². The molecule has 1 spiro atoms. The summed E-state index contributed by atoms with van der Waals surface area (Å²) in [5.74, 6) is 3.26. The Kier molecular flexibility index (Phi) is 6.90. The van der Waals surface area contributed by atoms with E-state index in [0.717, 1.165) is 11.8 Å². The highest BCUT2D eigenvalue weighted by Gasteiger charge is 2.61. The second-order valence-corrected chi connectivity index (χ2v) is 18.8. The molecule has 6 aliphatic rings. The van der Waals surface area contributed by atoms with Crippen LogP contribution in [0.15, 0.2) is 125 Å². The molecular weight excluding hydrogens is 623 g/mol. The van der Waals surface area contributed by atoms with Gasteiger partial charge in [0.1, 0.15) is 0 Å². The SMILES string of the molecule is CC1(C)CCC(C)(C)c2cc(N(c3ccccc3)c3cc4c(c(-c5ccccc5)c3)C3(c5ccccc5S4)C4CC5CC(C4)CC3C5)ccc21. The van der Waals surface area contributed by atoms with Gasteiger partial charge in [-0.25, -0.2) is 0 Å². The van der Waals surface area contributed by atoms with E-state index in [4.69, 9.17) is 0 Å². The monoisotopic (exact) mass is 671 g/mol. The lowest BCUT2D eigenvalue weighted by Gasteiger charge is -2.63. The van der Waals surface area contributed by atoms with E-state index in [-0.39, 0.29) is 16.2 Å². The number of hydrogen-bond acceptors (Lipinski definition) is 2. The maximum absolute atomic E-state index is 2.58. The van der Waals surface area contributed by atoms with Crippen molar-refractivity contribution in [3.63, 3.8) is 0 Å². The van der Waals surface area contributed by atoms with Gasteiger partial charge in [0.15, 0.2) is 0 Å². The second kappa shape index (κ2) is 11.1. The van der Waals surface area contributed by atoms with Gasteiger partial charge in [-0.15, -0.1) is 0 Å². The van der Waals surface area contributed by atoms with Crippen molar-refractivity contribution in [2.75, 3.05) is 4.90 Å². The summed E-state index contributed by atoms with van der Waals surface area (Å²) < 4.78 is 0. The Labute approximate surface area is 303 Å². The van der Waals surface area contributed by atoms with E-state index < -0.39 is 0 Å². The Morgan fingerprint density at radius 2 is 1.14 bits per heavy atom. The van der Waals surface area contributed by atoms with Gasteiger partial charge in [0.05, 0.1) is 0 Å². The molecule has 1 heterocycles. The standard InChI is InChI=1S/C48H49NS/c1-46(2)21-22-47(3,4)42-29-37(19-20-40(42)46)49(36-15-9-6-10-16-36)38-28-39(33-13-7-5-8-14-33)45-44(30-38)50-43-18-12-11-17-41(43)48(45)34-24-31-23-32(26-34)27-35(48)25-31/h5-20,28-32,34-35H,21-27H2,1-4H3. The summed E-state index contributed by atoms with van der Waals surface area (Å²) in [5.41, 5.74) is 13.2. The minimum absolute atomic E-state index is 0.0767. The highest BCUT2D eigenvalue weighted by Crippen LogP contribution is 2.70. The van der Waals surface area contributed by atoms with E-state index in [9.17, 15) is 0 Å². The molecule has 5 aromatic carbocycles. The summed E-state index contributed by atoms with van der Waals surface area (Å²) in [6.07, 6.45) is 9.46. The van der Waals surface area contributed by atoms with Crippen LogP contribution >= 0.6 is 11.8 Å². The van der Waals surface area contributed by atoms with Crippen molar-refractivity contribution in [2.24, 2.45) is 23.7 Å². The summed E-state index contributed by atoms with van der Waals surface area (Å²) >= 11 is 2.03. The van der Waals surface area contributed by atoms with Gasteiger partial charge in [-0.1, -0.05) is 112 Å². The van der Waals surface area contributed by atoms with Crippen LogP contribution in [0.25, 0.3) is 11.1 Å². The molecule has 4 bridgehead atoms. The molecular formula is C48H49NS. The van der Waals surface area contributed by atoms with Crippen LogP contribution in [0.4, 0.5) is 17.1 Å². The quantitative estimate of drug-likeness (QED) is 0.187. The first kappa shape index (κ1) is 31.0. The highest BCUT2D eigenvalue weighted by molar-refractivity contribution is 7.99. The molecule has 0 N–H and O–H groups in total. The molecule has 4 saturated carbocycles. The van der Waals surface area contributed by atoms with Crippen molar-refractivity contribution in [3.8, 4) is 11.1 Å². The second-order valence-electron chi connectivity index (χ2n) is 17.7. The Morgan fingerprint density at radius 3 is 1.84 bits per heavy atom. The predicted octanol–water partition coefficient (Wildman–Crippen LogP) is 13.4. The summed E-state index contributed by atoms with van der Waals surface area (Å²) in [4.78, 5) is 5.50. The Hall–Kier alpha value is -3.75. The molecule has 0 unspecified atom stereocenters. The maximum Gasteiger partial charge on any atom is 0.0479 e. The van der Waals surface area contributed by atoms with Crippen molar-refractivity contribution in [2.45, 2.75) is 98.7 Å². The van der Waals surface area contributed by atoms with Gasteiger partial charge in [0.2, 0.25) is 0 Å². The number of benzene rings is 5. The van der Waals surface area contributed by atoms with Crippen LogP contribution in [-0.2, 0) is 16.2 Å². The average Bonchev–Trinajstić information content (AvgIpc) is 3.12. The number of fused-ring (bicyclic) bond motifs is 3. The molecule has 0 radical (unpaired) electrons. The Balaban J connectivity index is 1.24. The summed E-state index contributed by atoms with van der Waals surface area (Å²) in [6.45, 7) is 9.76. The molecule has 0 atom stereocenters. The minimum atomic E-state index is 0.0767. The fourth-order valence-corrected chi connectivity index (χ4v) is 13.0. The van der Waals surface area contributed by atoms with Crippen molar-refractivity contribution in [1.29, 1.82) is 0 Å². The summed E-state index contributed by atoms with van der Waals surface area (Å²) in [7, 11) is 0. The molecule has 4 fully saturated rings. The van der Waals surface area contributed by atoms with Gasteiger partial charge in [-0.2, -0.15) is 0 Å². The Bertz CT molecular complexity index is 2080. The molecule has 0 amide bonds. The number of hydrogen-bond donors (Lipinski definition) is 0. The van der Waals surface area contributed by atoms with Crippen LogP contribution in [0.2, 0.25) is 0 Å². The number of rotatable bonds is 4. The fourth-order valence-electron chi connectivity index (χ4n) is 11.7. The van der Waals surface area contributed by atoms with E-state index >= 15 is 0 Å². The van der Waals surface area contributed by atoms with Crippen LogP contribution in [0.1, 0.15) is 94.9 Å². The lowest BCUT2D eigenvalue weighted by atomic mass is 9.41. The van der Waals surface area contributed by atoms with Gasteiger partial charge < -0.3 is 4.90 Å². The van der Waals surface area contributed by atoms with E-state index in [1.807, 2.05) is 11.8 Å². The van der Waals surface area contributed by atoms with Gasteiger partial charge in [0, 0.05) is 32.3 Å². The number of para-hydroxylation sites is 1. The third kappa shape index (κ3) is 4.52. The zero-order chi connectivity index (χ0) is 33.8. The van der Waals surface area contributed by atoms with E-state index in [0.29, 0.717) is 11.8 Å². The first-order valence-corrected chi connectivity index (χ1v) is 20.1. The Morgan fingerprint density at radius 1 is 0.520 bits per heavy atom. The molecule has 5 aromatic rings. The first-order valence-electron chi connectivity index (χ1n) is 19.2. The molecule has 1 aliphatic heterocycles. The highest BCUT2D eigenvalue weighted by atomic mass is 32.2. The number of nitrogens with zero attached hydrogens (tertiary/aromatic N) is 1. The van der Waals surface area contributed by atoms with Crippen LogP contribution in [0.3, 0.4) is 0 Å². The van der Waals surface area contributed by atoms with Crippen molar-refractivity contribution in [3.05, 3.63) is 138 Å². The van der Waals surface area contributed by atoms with Crippen LogP contribution in [0.5, 0.6) is 0 Å². The van der Waals surface area contributed by atoms with Crippen molar-refractivity contribution in [1.82, 2.24) is 0 Å². The molecule has 11 rings (SSSR count). The normalized spacial score (nSPS) is 27.8. The molecule has 0 aromatic heterocycles. The largest absolute Gasteiger partial charge is 0.310 e. The lowest BCUT2D eigenvalue weighted by Crippen LogP contribution is -2.57. The number of anilines is 3. The smallest absolute Gasteiger partial charge is 0.0479 e. The molecule has 1 nitrogen and oxygen atoms in total. The van der Waals surface area contributed by atoms with Crippen molar-refractivity contribution >= 4 is 28.8 Å². The van der Waals surface area contributed by atoms with Gasteiger partial charge in [-0.05, 0) is 155 Å². The van der Waals surface area contributed by atoms with Crippen LogP contribution < -0.4 is 4.90 Å². The van der Waals surface area contributed by atoms with Crippen LogP contribution in [-0.4, -0.2) is 0 Å². The fraction of sp³-hybridized carbons (Fsp3) is 0.375.